The monoisotopic (exact) mass is 370 g/mol. The zero-order valence-electron chi connectivity index (χ0n) is 15.6. The minimum atomic E-state index is -0.447. The van der Waals surface area contributed by atoms with Crippen molar-refractivity contribution in [3.63, 3.8) is 0 Å². The normalized spacial score (nSPS) is 10.8. The molecule has 0 aliphatic carbocycles. The van der Waals surface area contributed by atoms with E-state index in [0.29, 0.717) is 22.5 Å². The van der Waals surface area contributed by atoms with Gasteiger partial charge in [0, 0.05) is 17.0 Å². The molecule has 0 aliphatic rings. The molecule has 0 N–H and O–H groups in total. The molecule has 0 saturated carbocycles. The maximum absolute atomic E-state index is 12.6. The number of aryl methyl sites for hydroxylation is 2. The predicted octanol–water partition coefficient (Wildman–Crippen LogP) is 5.30. The topological polar surface area (TPSA) is 56.5 Å². The van der Waals surface area contributed by atoms with Gasteiger partial charge in [0.1, 0.15) is 11.3 Å². The molecule has 1 heterocycles. The summed E-state index contributed by atoms with van der Waals surface area (Å²) in [5.41, 5.74) is 3.62. The van der Waals surface area contributed by atoms with Crippen molar-refractivity contribution >= 4 is 16.9 Å². The number of rotatable bonds is 3. The van der Waals surface area contributed by atoms with Gasteiger partial charge in [0.25, 0.3) is 0 Å². The standard InChI is InChI=1S/C24H18O4/c1-15-8-6-7-11-18(15)24(26)27-21-13-12-19-20(17-9-4-3-5-10-17)14-22(25)28-23(19)16(21)2/h3-14H,1-2H3. The molecule has 4 nitrogen and oxygen atoms in total. The summed E-state index contributed by atoms with van der Waals surface area (Å²) in [5, 5.41) is 0.791. The summed E-state index contributed by atoms with van der Waals surface area (Å²) >= 11 is 0. The minimum Gasteiger partial charge on any atom is -0.423 e. The summed E-state index contributed by atoms with van der Waals surface area (Å²) in [5.74, 6) is -0.0729. The van der Waals surface area contributed by atoms with Crippen LogP contribution in [0.3, 0.4) is 0 Å². The Morgan fingerprint density at radius 2 is 1.61 bits per heavy atom. The number of carbonyl (C=O) groups is 1. The number of esters is 1. The molecule has 28 heavy (non-hydrogen) atoms. The largest absolute Gasteiger partial charge is 0.423 e. The number of benzene rings is 3. The second-order valence-corrected chi connectivity index (χ2v) is 6.61. The molecule has 4 rings (SSSR count). The molecular formula is C24H18O4. The first-order valence-electron chi connectivity index (χ1n) is 8.95. The van der Waals surface area contributed by atoms with E-state index in [0.717, 1.165) is 22.1 Å². The number of hydrogen-bond acceptors (Lipinski definition) is 4. The van der Waals surface area contributed by atoms with Gasteiger partial charge in [-0.2, -0.15) is 0 Å². The Labute approximate surface area is 162 Å². The summed E-state index contributed by atoms with van der Waals surface area (Å²) in [7, 11) is 0. The fourth-order valence-corrected chi connectivity index (χ4v) is 3.27. The highest BCUT2D eigenvalue weighted by Crippen LogP contribution is 2.33. The van der Waals surface area contributed by atoms with E-state index in [1.807, 2.05) is 55.5 Å². The molecular weight excluding hydrogens is 352 g/mol. The Kier molecular flexibility index (Phi) is 4.53. The summed E-state index contributed by atoms with van der Waals surface area (Å²) in [4.78, 5) is 24.7. The van der Waals surface area contributed by atoms with Crippen molar-refractivity contribution in [1.29, 1.82) is 0 Å². The molecule has 4 aromatic rings. The molecule has 138 valence electrons. The number of fused-ring (bicyclic) bond motifs is 1. The number of carbonyl (C=O) groups excluding carboxylic acids is 1. The predicted molar refractivity (Wildman–Crippen MR) is 109 cm³/mol. The molecule has 0 unspecified atom stereocenters. The molecule has 0 amide bonds. The number of ether oxygens (including phenoxy) is 1. The lowest BCUT2D eigenvalue weighted by Gasteiger charge is -2.12. The second kappa shape index (κ2) is 7.16. The van der Waals surface area contributed by atoms with Crippen LogP contribution in [0.15, 0.2) is 82.0 Å². The lowest BCUT2D eigenvalue weighted by atomic mass is 10.00. The van der Waals surface area contributed by atoms with Crippen LogP contribution in [-0.2, 0) is 0 Å². The van der Waals surface area contributed by atoms with Crippen LogP contribution in [0.1, 0.15) is 21.5 Å². The Bertz CT molecular complexity index is 1240. The van der Waals surface area contributed by atoms with E-state index in [9.17, 15) is 9.59 Å². The zero-order chi connectivity index (χ0) is 19.7. The summed E-state index contributed by atoms with van der Waals surface area (Å²) in [6.07, 6.45) is 0. The van der Waals surface area contributed by atoms with Crippen LogP contribution < -0.4 is 10.4 Å². The van der Waals surface area contributed by atoms with Gasteiger partial charge in [-0.05, 0) is 48.7 Å². The van der Waals surface area contributed by atoms with E-state index in [1.165, 1.54) is 6.07 Å². The van der Waals surface area contributed by atoms with E-state index in [-0.39, 0.29) is 0 Å². The second-order valence-electron chi connectivity index (χ2n) is 6.61. The van der Waals surface area contributed by atoms with Gasteiger partial charge < -0.3 is 9.15 Å². The summed E-state index contributed by atoms with van der Waals surface area (Å²) < 4.78 is 11.1. The van der Waals surface area contributed by atoms with Gasteiger partial charge in [0.05, 0.1) is 5.56 Å². The van der Waals surface area contributed by atoms with Gasteiger partial charge in [-0.25, -0.2) is 9.59 Å². The van der Waals surface area contributed by atoms with Gasteiger partial charge in [-0.3, -0.25) is 0 Å². The first kappa shape index (κ1) is 17.7. The van der Waals surface area contributed by atoms with E-state index < -0.39 is 11.6 Å². The highest BCUT2D eigenvalue weighted by molar-refractivity contribution is 5.97. The van der Waals surface area contributed by atoms with Gasteiger partial charge >= 0.3 is 11.6 Å². The van der Waals surface area contributed by atoms with Crippen LogP contribution in [-0.4, -0.2) is 5.97 Å². The van der Waals surface area contributed by atoms with Crippen molar-refractivity contribution in [2.75, 3.05) is 0 Å². The molecule has 0 atom stereocenters. The van der Waals surface area contributed by atoms with Crippen LogP contribution in [0, 0.1) is 13.8 Å². The lowest BCUT2D eigenvalue weighted by Crippen LogP contribution is -2.11. The van der Waals surface area contributed by atoms with Gasteiger partial charge in [-0.15, -0.1) is 0 Å². The van der Waals surface area contributed by atoms with Crippen LogP contribution in [0.4, 0.5) is 0 Å². The van der Waals surface area contributed by atoms with Crippen molar-refractivity contribution < 1.29 is 13.9 Å². The summed E-state index contributed by atoms with van der Waals surface area (Å²) in [6.45, 7) is 3.63. The van der Waals surface area contributed by atoms with E-state index in [2.05, 4.69) is 0 Å². The molecule has 0 fully saturated rings. The highest BCUT2D eigenvalue weighted by atomic mass is 16.5. The third-order valence-electron chi connectivity index (χ3n) is 4.76. The van der Waals surface area contributed by atoms with E-state index >= 15 is 0 Å². The van der Waals surface area contributed by atoms with Crippen molar-refractivity contribution in [2.45, 2.75) is 13.8 Å². The third kappa shape index (κ3) is 3.21. The maximum Gasteiger partial charge on any atom is 0.343 e. The third-order valence-corrected chi connectivity index (χ3v) is 4.76. The van der Waals surface area contributed by atoms with Crippen LogP contribution in [0.5, 0.6) is 5.75 Å². The fraction of sp³-hybridized carbons (Fsp3) is 0.0833. The Morgan fingerprint density at radius 3 is 2.36 bits per heavy atom. The number of hydrogen-bond donors (Lipinski definition) is 0. The van der Waals surface area contributed by atoms with E-state index in [4.69, 9.17) is 9.15 Å². The molecule has 3 aromatic carbocycles. The van der Waals surface area contributed by atoms with Crippen molar-refractivity contribution in [2.24, 2.45) is 0 Å². The van der Waals surface area contributed by atoms with Gasteiger partial charge in [0.2, 0.25) is 0 Å². The minimum absolute atomic E-state index is 0.370. The molecule has 0 radical (unpaired) electrons. The van der Waals surface area contributed by atoms with Gasteiger partial charge in [-0.1, -0.05) is 48.5 Å². The van der Waals surface area contributed by atoms with Gasteiger partial charge in [0.15, 0.2) is 0 Å². The first-order chi connectivity index (χ1) is 13.5. The highest BCUT2D eigenvalue weighted by Gasteiger charge is 2.17. The van der Waals surface area contributed by atoms with Crippen molar-refractivity contribution in [3.05, 3.63) is 99.9 Å². The van der Waals surface area contributed by atoms with E-state index in [1.54, 1.807) is 25.1 Å². The summed E-state index contributed by atoms with van der Waals surface area (Å²) in [6, 6.07) is 21.9. The molecule has 0 saturated heterocycles. The Balaban J connectivity index is 1.81. The molecule has 4 heteroatoms. The molecule has 0 aliphatic heterocycles. The van der Waals surface area contributed by atoms with Crippen molar-refractivity contribution in [3.8, 4) is 16.9 Å². The lowest BCUT2D eigenvalue weighted by molar-refractivity contribution is 0.0733. The van der Waals surface area contributed by atoms with Crippen LogP contribution in [0.2, 0.25) is 0 Å². The quantitative estimate of drug-likeness (QED) is 0.279. The smallest absolute Gasteiger partial charge is 0.343 e. The maximum atomic E-state index is 12.6. The van der Waals surface area contributed by atoms with Crippen LogP contribution >= 0.6 is 0 Å². The zero-order valence-corrected chi connectivity index (χ0v) is 15.6. The Hall–Kier alpha value is -3.66. The Morgan fingerprint density at radius 1 is 0.893 bits per heavy atom. The molecule has 0 spiro atoms. The van der Waals surface area contributed by atoms with Crippen LogP contribution in [0.25, 0.3) is 22.1 Å². The molecule has 0 bridgehead atoms. The SMILES string of the molecule is Cc1ccccc1C(=O)Oc1ccc2c(-c3ccccc3)cc(=O)oc2c1C. The first-order valence-corrected chi connectivity index (χ1v) is 8.95. The van der Waals surface area contributed by atoms with Crippen molar-refractivity contribution in [1.82, 2.24) is 0 Å². The average Bonchev–Trinajstić information content (AvgIpc) is 2.71. The average molecular weight is 370 g/mol. The molecule has 1 aromatic heterocycles. The fourth-order valence-electron chi connectivity index (χ4n) is 3.27.